The van der Waals surface area contributed by atoms with Gasteiger partial charge < -0.3 is 20.7 Å². The van der Waals surface area contributed by atoms with E-state index >= 15 is 0 Å². The number of hydrogen-bond donors (Lipinski definition) is 3. The van der Waals surface area contributed by atoms with Crippen LogP contribution in [0.3, 0.4) is 0 Å². The molecule has 156 valence electrons. The Kier molecular flexibility index (Phi) is 7.45. The zero-order valence-corrected chi connectivity index (χ0v) is 17.7. The van der Waals surface area contributed by atoms with Gasteiger partial charge in [0.25, 0.3) is 0 Å². The monoisotopic (exact) mass is 425 g/mol. The molecule has 3 aromatic rings. The topological polar surface area (TPSA) is 88.2 Å². The summed E-state index contributed by atoms with van der Waals surface area (Å²) in [6, 6.07) is 16.8. The van der Waals surface area contributed by atoms with Gasteiger partial charge in [0, 0.05) is 35.6 Å². The molecule has 0 bridgehead atoms. The van der Waals surface area contributed by atoms with E-state index in [2.05, 4.69) is 25.9 Å². The summed E-state index contributed by atoms with van der Waals surface area (Å²) in [7, 11) is 1.63. The van der Waals surface area contributed by atoms with Crippen LogP contribution in [0.2, 0.25) is 5.02 Å². The highest BCUT2D eigenvalue weighted by Gasteiger charge is 2.07. The van der Waals surface area contributed by atoms with E-state index in [0.717, 1.165) is 22.7 Å². The van der Waals surface area contributed by atoms with Crippen LogP contribution in [0.25, 0.3) is 0 Å². The molecular weight excluding hydrogens is 402 g/mol. The molecule has 1 heterocycles. The molecule has 0 saturated carbocycles. The number of nitrogens with zero attached hydrogens (tertiary/aromatic N) is 2. The van der Waals surface area contributed by atoms with Crippen molar-refractivity contribution in [3.8, 4) is 5.75 Å². The van der Waals surface area contributed by atoms with Crippen molar-refractivity contribution in [2.24, 2.45) is 0 Å². The van der Waals surface area contributed by atoms with Crippen molar-refractivity contribution >= 4 is 35.0 Å². The summed E-state index contributed by atoms with van der Waals surface area (Å²) >= 11 is 6.09. The maximum absolute atomic E-state index is 12.1. The lowest BCUT2D eigenvalue weighted by molar-refractivity contribution is -0.120. The number of carbonyl (C=O) groups excluding carboxylic acids is 1. The highest BCUT2D eigenvalue weighted by atomic mass is 35.5. The number of aromatic nitrogens is 2. The van der Waals surface area contributed by atoms with Gasteiger partial charge in [0.15, 0.2) is 0 Å². The predicted molar refractivity (Wildman–Crippen MR) is 120 cm³/mol. The van der Waals surface area contributed by atoms with E-state index in [9.17, 15) is 4.79 Å². The van der Waals surface area contributed by atoms with Gasteiger partial charge in [0.2, 0.25) is 11.9 Å². The van der Waals surface area contributed by atoms with E-state index in [0.29, 0.717) is 29.9 Å². The van der Waals surface area contributed by atoms with Gasteiger partial charge in [0.05, 0.1) is 13.5 Å². The van der Waals surface area contributed by atoms with Crippen LogP contribution in [0.4, 0.5) is 17.5 Å². The molecule has 8 heteroatoms. The molecule has 7 nitrogen and oxygen atoms in total. The SMILES string of the molecule is COc1ccc(Nc2cc(C)nc(NCCNC(=O)Cc3ccccc3Cl)n2)cc1. The minimum atomic E-state index is -0.0862. The highest BCUT2D eigenvalue weighted by Crippen LogP contribution is 2.20. The summed E-state index contributed by atoms with van der Waals surface area (Å²) in [5.41, 5.74) is 2.53. The van der Waals surface area contributed by atoms with Crippen LogP contribution < -0.4 is 20.7 Å². The van der Waals surface area contributed by atoms with Crippen molar-refractivity contribution in [3.63, 3.8) is 0 Å². The number of amides is 1. The molecule has 0 aliphatic rings. The Morgan fingerprint density at radius 3 is 2.57 bits per heavy atom. The number of aryl methyl sites for hydroxylation is 1. The molecule has 0 saturated heterocycles. The van der Waals surface area contributed by atoms with Gasteiger partial charge in [0.1, 0.15) is 11.6 Å². The molecule has 30 heavy (non-hydrogen) atoms. The van der Waals surface area contributed by atoms with Gasteiger partial charge >= 0.3 is 0 Å². The van der Waals surface area contributed by atoms with Crippen molar-refractivity contribution in [1.82, 2.24) is 15.3 Å². The summed E-state index contributed by atoms with van der Waals surface area (Å²) in [5.74, 6) is 1.87. The summed E-state index contributed by atoms with van der Waals surface area (Å²) in [6.07, 6.45) is 0.247. The molecule has 0 radical (unpaired) electrons. The second-order valence-electron chi connectivity index (χ2n) is 6.62. The molecule has 0 aliphatic heterocycles. The third kappa shape index (κ3) is 6.35. The number of methoxy groups -OCH3 is 1. The summed E-state index contributed by atoms with van der Waals surface area (Å²) < 4.78 is 5.17. The second-order valence-corrected chi connectivity index (χ2v) is 7.02. The van der Waals surface area contributed by atoms with Crippen LogP contribution >= 0.6 is 11.6 Å². The average molecular weight is 426 g/mol. The Balaban J connectivity index is 1.49. The third-order valence-corrected chi connectivity index (χ3v) is 4.62. The fraction of sp³-hybridized carbons (Fsp3) is 0.227. The summed E-state index contributed by atoms with van der Waals surface area (Å²) in [6.45, 7) is 2.85. The lowest BCUT2D eigenvalue weighted by Crippen LogP contribution is -2.30. The van der Waals surface area contributed by atoms with E-state index in [1.54, 1.807) is 13.2 Å². The molecule has 1 amide bonds. The van der Waals surface area contributed by atoms with Gasteiger partial charge in [-0.25, -0.2) is 4.98 Å². The maximum Gasteiger partial charge on any atom is 0.224 e. The lowest BCUT2D eigenvalue weighted by Gasteiger charge is -2.11. The number of nitrogens with one attached hydrogen (secondary N) is 3. The van der Waals surface area contributed by atoms with E-state index in [-0.39, 0.29) is 12.3 Å². The quantitative estimate of drug-likeness (QED) is 0.450. The predicted octanol–water partition coefficient (Wildman–Crippen LogP) is 3.96. The van der Waals surface area contributed by atoms with Crippen molar-refractivity contribution in [3.05, 3.63) is 70.9 Å². The fourth-order valence-electron chi connectivity index (χ4n) is 2.79. The van der Waals surface area contributed by atoms with Crippen molar-refractivity contribution in [2.45, 2.75) is 13.3 Å². The molecule has 0 fully saturated rings. The third-order valence-electron chi connectivity index (χ3n) is 4.26. The van der Waals surface area contributed by atoms with Crippen molar-refractivity contribution in [1.29, 1.82) is 0 Å². The first-order valence-corrected chi connectivity index (χ1v) is 9.92. The minimum absolute atomic E-state index is 0.0862. The van der Waals surface area contributed by atoms with Crippen molar-refractivity contribution < 1.29 is 9.53 Å². The molecule has 0 atom stereocenters. The Morgan fingerprint density at radius 1 is 1.07 bits per heavy atom. The van der Waals surface area contributed by atoms with E-state index in [1.807, 2.05) is 55.5 Å². The van der Waals surface area contributed by atoms with Crippen LogP contribution in [-0.2, 0) is 11.2 Å². The first-order valence-electron chi connectivity index (χ1n) is 9.54. The zero-order chi connectivity index (χ0) is 21.3. The Bertz CT molecular complexity index is 995. The zero-order valence-electron chi connectivity index (χ0n) is 16.9. The Labute approximate surface area is 180 Å². The maximum atomic E-state index is 12.1. The Hall–Kier alpha value is -3.32. The summed E-state index contributed by atoms with van der Waals surface area (Å²) in [4.78, 5) is 20.9. The van der Waals surface area contributed by atoms with Crippen molar-refractivity contribution in [2.75, 3.05) is 30.8 Å². The number of ether oxygens (including phenoxy) is 1. The minimum Gasteiger partial charge on any atom is -0.497 e. The smallest absolute Gasteiger partial charge is 0.224 e. The molecule has 0 aliphatic carbocycles. The number of anilines is 3. The number of hydrogen-bond acceptors (Lipinski definition) is 6. The van der Waals surface area contributed by atoms with Gasteiger partial charge in [-0.2, -0.15) is 4.98 Å². The molecular formula is C22H24ClN5O2. The second kappa shape index (κ2) is 10.5. The van der Waals surface area contributed by atoms with Gasteiger partial charge in [-0.05, 0) is 42.8 Å². The molecule has 3 rings (SSSR count). The molecule has 2 aromatic carbocycles. The first-order chi connectivity index (χ1) is 14.5. The number of rotatable bonds is 9. The fourth-order valence-corrected chi connectivity index (χ4v) is 2.99. The largest absolute Gasteiger partial charge is 0.497 e. The molecule has 0 spiro atoms. The molecule has 3 N–H and O–H groups in total. The van der Waals surface area contributed by atoms with E-state index in [1.165, 1.54) is 0 Å². The van der Waals surface area contributed by atoms with Crippen LogP contribution in [-0.4, -0.2) is 36.1 Å². The number of halogens is 1. The van der Waals surface area contributed by atoms with Crippen LogP contribution in [0, 0.1) is 6.92 Å². The standard InChI is InChI=1S/C22H24ClN5O2/c1-15-13-20(27-17-7-9-18(30-2)10-8-17)28-22(26-15)25-12-11-24-21(29)14-16-5-3-4-6-19(16)23/h3-10,13H,11-12,14H2,1-2H3,(H,24,29)(H2,25,26,27,28). The Morgan fingerprint density at radius 2 is 1.83 bits per heavy atom. The lowest BCUT2D eigenvalue weighted by atomic mass is 10.1. The van der Waals surface area contributed by atoms with Gasteiger partial charge in [-0.15, -0.1) is 0 Å². The van der Waals surface area contributed by atoms with E-state index in [4.69, 9.17) is 16.3 Å². The molecule has 1 aromatic heterocycles. The van der Waals surface area contributed by atoms with Crippen LogP contribution in [0.5, 0.6) is 5.75 Å². The highest BCUT2D eigenvalue weighted by molar-refractivity contribution is 6.31. The van der Waals surface area contributed by atoms with E-state index < -0.39 is 0 Å². The number of benzene rings is 2. The number of carbonyl (C=O) groups is 1. The van der Waals surface area contributed by atoms with Crippen LogP contribution in [0.15, 0.2) is 54.6 Å². The van der Waals surface area contributed by atoms with Gasteiger partial charge in [-0.3, -0.25) is 4.79 Å². The molecule has 0 unspecified atom stereocenters. The summed E-state index contributed by atoms with van der Waals surface area (Å²) in [5, 5.41) is 9.84. The normalized spacial score (nSPS) is 10.4. The van der Waals surface area contributed by atoms with Crippen LogP contribution in [0.1, 0.15) is 11.3 Å². The van der Waals surface area contributed by atoms with Gasteiger partial charge in [-0.1, -0.05) is 29.8 Å². The first kappa shape index (κ1) is 21.4. The average Bonchev–Trinajstić information content (AvgIpc) is 2.73.